The van der Waals surface area contributed by atoms with Crippen LogP contribution in [0.15, 0.2) is 55.1 Å². The van der Waals surface area contributed by atoms with E-state index in [1.165, 1.54) is 0 Å². The molecule has 1 aromatic carbocycles. The van der Waals surface area contributed by atoms with Crippen molar-refractivity contribution < 1.29 is 14.3 Å². The number of hydrogen-bond donors (Lipinski definition) is 2. The molecule has 2 amide bonds. The van der Waals surface area contributed by atoms with Gasteiger partial charge in [-0.3, -0.25) is 9.78 Å². The molecule has 2 bridgehead atoms. The summed E-state index contributed by atoms with van der Waals surface area (Å²) in [6, 6.07) is 9.26. The number of nitrogens with two attached hydrogens (primary N) is 1. The van der Waals surface area contributed by atoms with Gasteiger partial charge in [-0.05, 0) is 51.5 Å². The second kappa shape index (κ2) is 9.22. The lowest BCUT2D eigenvalue weighted by atomic mass is 10.1. The average molecular weight is 528 g/mol. The number of aromatic nitrogens is 5. The van der Waals surface area contributed by atoms with Gasteiger partial charge in [-0.15, -0.1) is 5.10 Å². The molecule has 5 heterocycles. The standard InChI is InChI=1S/C27H29N9O3/c1-27(2,3)39-26(38)35-15-18-11-19(35)14-34(18)23-12-17(6-7-31-23)36-21-10-16(24(28)37)4-5-20(21)25(33-36)32-22-13-29-8-9-30-22/h4-10,12-13,18-19H,11,14-15H2,1-3H3,(H2,28,37)(H,30,32,33)/t18-,19-/m0/s1. The molecule has 39 heavy (non-hydrogen) atoms. The number of primary amides is 1. The van der Waals surface area contributed by atoms with Crippen molar-refractivity contribution in [2.45, 2.75) is 44.9 Å². The first-order valence-corrected chi connectivity index (χ1v) is 12.7. The molecule has 6 rings (SSSR count). The number of piperazine rings is 1. The summed E-state index contributed by atoms with van der Waals surface area (Å²) in [5.41, 5.74) is 6.89. The molecule has 0 spiro atoms. The largest absolute Gasteiger partial charge is 0.444 e. The second-order valence-electron chi connectivity index (χ2n) is 10.8. The fourth-order valence-corrected chi connectivity index (χ4v) is 5.23. The molecule has 2 aliphatic rings. The van der Waals surface area contributed by atoms with Crippen LogP contribution < -0.4 is 16.0 Å². The van der Waals surface area contributed by atoms with Gasteiger partial charge in [-0.25, -0.2) is 19.4 Å². The first-order chi connectivity index (χ1) is 18.7. The van der Waals surface area contributed by atoms with Gasteiger partial charge in [0.2, 0.25) is 5.91 Å². The van der Waals surface area contributed by atoms with Gasteiger partial charge in [0.05, 0.1) is 29.5 Å². The molecule has 0 radical (unpaired) electrons. The number of rotatable bonds is 5. The van der Waals surface area contributed by atoms with Crippen molar-refractivity contribution >= 4 is 40.4 Å². The summed E-state index contributed by atoms with van der Waals surface area (Å²) in [5, 5.41) is 8.81. The summed E-state index contributed by atoms with van der Waals surface area (Å²) in [7, 11) is 0. The molecular formula is C27H29N9O3. The first-order valence-electron chi connectivity index (χ1n) is 12.7. The maximum atomic E-state index is 12.7. The number of fused-ring (bicyclic) bond motifs is 3. The van der Waals surface area contributed by atoms with Crippen LogP contribution in [-0.4, -0.2) is 72.4 Å². The second-order valence-corrected chi connectivity index (χ2v) is 10.8. The molecule has 200 valence electrons. The van der Waals surface area contributed by atoms with Gasteiger partial charge < -0.3 is 25.6 Å². The SMILES string of the molecule is CC(C)(C)OC(=O)N1C[C@@H]2C[C@H]1CN2c1cc(-n2nc(Nc3cnccn3)c3ccc(C(N)=O)cc32)ccn1. The molecule has 0 unspecified atom stereocenters. The molecule has 0 aliphatic carbocycles. The Kier molecular flexibility index (Phi) is 5.82. The smallest absolute Gasteiger partial charge is 0.410 e. The predicted molar refractivity (Wildman–Crippen MR) is 145 cm³/mol. The molecule has 3 aromatic heterocycles. The Morgan fingerprint density at radius 2 is 1.90 bits per heavy atom. The molecule has 3 N–H and O–H groups in total. The van der Waals surface area contributed by atoms with Crippen LogP contribution in [0.3, 0.4) is 0 Å². The third-order valence-electron chi connectivity index (χ3n) is 6.91. The van der Waals surface area contributed by atoms with E-state index >= 15 is 0 Å². The Morgan fingerprint density at radius 3 is 2.59 bits per heavy atom. The number of anilines is 3. The molecule has 4 aromatic rings. The quantitative estimate of drug-likeness (QED) is 0.399. The lowest BCUT2D eigenvalue weighted by Gasteiger charge is -2.35. The number of ether oxygens (including phenoxy) is 1. The zero-order valence-corrected chi connectivity index (χ0v) is 21.9. The third-order valence-corrected chi connectivity index (χ3v) is 6.91. The van der Waals surface area contributed by atoms with E-state index < -0.39 is 11.5 Å². The van der Waals surface area contributed by atoms with Crippen molar-refractivity contribution in [3.63, 3.8) is 0 Å². The fourth-order valence-electron chi connectivity index (χ4n) is 5.23. The predicted octanol–water partition coefficient (Wildman–Crippen LogP) is 3.25. The van der Waals surface area contributed by atoms with Gasteiger partial charge >= 0.3 is 6.09 Å². The fraction of sp³-hybridized carbons (Fsp3) is 0.333. The topological polar surface area (TPSA) is 144 Å². The minimum absolute atomic E-state index is 0.0711. The average Bonchev–Trinajstić information content (AvgIpc) is 3.61. The number of carbonyl (C=O) groups is 2. The molecule has 0 saturated carbocycles. The number of benzene rings is 1. The van der Waals surface area contributed by atoms with Crippen molar-refractivity contribution in [2.75, 3.05) is 23.3 Å². The summed E-state index contributed by atoms with van der Waals surface area (Å²) >= 11 is 0. The molecule has 12 heteroatoms. The van der Waals surface area contributed by atoms with Crippen LogP contribution in [0.4, 0.5) is 22.2 Å². The van der Waals surface area contributed by atoms with E-state index in [4.69, 9.17) is 15.6 Å². The van der Waals surface area contributed by atoms with E-state index in [-0.39, 0.29) is 18.2 Å². The number of pyridine rings is 1. The number of nitrogens with one attached hydrogen (secondary N) is 1. The van der Waals surface area contributed by atoms with Gasteiger partial charge in [0.1, 0.15) is 17.2 Å². The van der Waals surface area contributed by atoms with Crippen LogP contribution in [0, 0.1) is 0 Å². The lowest BCUT2D eigenvalue weighted by molar-refractivity contribution is 0.0214. The zero-order valence-electron chi connectivity index (χ0n) is 21.9. The summed E-state index contributed by atoms with van der Waals surface area (Å²) < 4.78 is 7.36. The van der Waals surface area contributed by atoms with E-state index in [9.17, 15) is 9.59 Å². The summed E-state index contributed by atoms with van der Waals surface area (Å²) in [6.45, 7) is 6.89. The molecule has 2 saturated heterocycles. The maximum Gasteiger partial charge on any atom is 0.410 e. The Balaban J connectivity index is 1.31. The number of carbonyl (C=O) groups excluding carboxylic acids is 2. The van der Waals surface area contributed by atoms with Crippen molar-refractivity contribution in [1.29, 1.82) is 0 Å². The Bertz CT molecular complexity index is 1560. The van der Waals surface area contributed by atoms with Crippen molar-refractivity contribution in [3.05, 3.63) is 60.7 Å². The van der Waals surface area contributed by atoms with Gasteiger partial charge in [-0.1, -0.05) is 0 Å². The van der Waals surface area contributed by atoms with E-state index in [0.717, 1.165) is 23.3 Å². The molecule has 2 fully saturated rings. The van der Waals surface area contributed by atoms with Gasteiger partial charge in [0.15, 0.2) is 5.82 Å². The van der Waals surface area contributed by atoms with Crippen molar-refractivity contribution in [3.8, 4) is 5.69 Å². The number of hydrogen-bond acceptors (Lipinski definition) is 9. The van der Waals surface area contributed by atoms with Crippen LogP contribution in [0.5, 0.6) is 0 Å². The highest BCUT2D eigenvalue weighted by Gasteiger charge is 2.47. The van der Waals surface area contributed by atoms with Gasteiger partial charge in [0, 0.05) is 48.7 Å². The third kappa shape index (κ3) is 4.69. The highest BCUT2D eigenvalue weighted by Crippen LogP contribution is 2.36. The molecule has 12 nitrogen and oxygen atoms in total. The normalized spacial score (nSPS) is 18.5. The summed E-state index contributed by atoms with van der Waals surface area (Å²) in [5.74, 6) is 1.38. The first kappa shape index (κ1) is 24.6. The van der Waals surface area contributed by atoms with E-state index in [1.807, 2.05) is 43.9 Å². The summed E-state index contributed by atoms with van der Waals surface area (Å²) in [6.07, 6.45) is 7.13. The van der Waals surface area contributed by atoms with Gasteiger partial charge in [-0.2, -0.15) is 0 Å². The Labute approximate surface area is 224 Å². The Morgan fingerprint density at radius 1 is 1.05 bits per heavy atom. The van der Waals surface area contributed by atoms with E-state index in [2.05, 4.69) is 25.2 Å². The van der Waals surface area contributed by atoms with Crippen molar-refractivity contribution in [1.82, 2.24) is 29.6 Å². The van der Waals surface area contributed by atoms with Crippen LogP contribution in [0.25, 0.3) is 16.6 Å². The van der Waals surface area contributed by atoms with E-state index in [0.29, 0.717) is 35.8 Å². The zero-order chi connectivity index (χ0) is 27.3. The molecular weight excluding hydrogens is 498 g/mol. The van der Waals surface area contributed by atoms with Crippen LogP contribution in [-0.2, 0) is 4.74 Å². The van der Waals surface area contributed by atoms with Crippen LogP contribution >= 0.6 is 0 Å². The highest BCUT2D eigenvalue weighted by atomic mass is 16.6. The van der Waals surface area contributed by atoms with E-state index in [1.54, 1.807) is 41.6 Å². The van der Waals surface area contributed by atoms with Crippen LogP contribution in [0.1, 0.15) is 37.6 Å². The molecule has 2 atom stereocenters. The lowest BCUT2D eigenvalue weighted by Crippen LogP contribution is -2.50. The Hall–Kier alpha value is -4.74. The monoisotopic (exact) mass is 527 g/mol. The molecule has 2 aliphatic heterocycles. The number of nitrogens with zero attached hydrogens (tertiary/aromatic N) is 7. The number of amides is 2. The minimum atomic E-state index is -0.532. The maximum absolute atomic E-state index is 12.7. The van der Waals surface area contributed by atoms with Crippen LogP contribution in [0.2, 0.25) is 0 Å². The minimum Gasteiger partial charge on any atom is -0.444 e. The van der Waals surface area contributed by atoms with Crippen molar-refractivity contribution in [2.24, 2.45) is 5.73 Å². The number of likely N-dealkylation sites (tertiary alicyclic amines) is 1. The summed E-state index contributed by atoms with van der Waals surface area (Å²) in [4.78, 5) is 41.7. The van der Waals surface area contributed by atoms with Gasteiger partial charge in [0.25, 0.3) is 0 Å². The highest BCUT2D eigenvalue weighted by molar-refractivity contribution is 6.00.